The lowest BCUT2D eigenvalue weighted by atomic mass is 9.95. The Morgan fingerprint density at radius 3 is 2.07 bits per heavy atom. The summed E-state index contributed by atoms with van der Waals surface area (Å²) < 4.78 is 21.7. The minimum atomic E-state index is -2.80. The van der Waals surface area contributed by atoms with Crippen LogP contribution in [0.3, 0.4) is 0 Å². The molecule has 0 radical (unpaired) electrons. The SMILES string of the molecule is CCC(C)(CC)NCCCS(C)(=O)=O. The molecule has 0 atom stereocenters. The zero-order valence-electron chi connectivity index (χ0n) is 9.76. The van der Waals surface area contributed by atoms with Crippen LogP contribution in [0, 0.1) is 0 Å². The zero-order valence-corrected chi connectivity index (χ0v) is 10.6. The van der Waals surface area contributed by atoms with Crippen molar-refractivity contribution in [2.75, 3.05) is 18.6 Å². The van der Waals surface area contributed by atoms with Crippen LogP contribution in [0.1, 0.15) is 40.0 Å². The predicted octanol–water partition coefficient (Wildman–Crippen LogP) is 1.59. The highest BCUT2D eigenvalue weighted by atomic mass is 32.2. The Bertz CT molecular complexity index is 243. The minimum Gasteiger partial charge on any atom is -0.312 e. The van der Waals surface area contributed by atoms with E-state index in [1.807, 2.05) is 0 Å². The molecule has 0 saturated carbocycles. The highest BCUT2D eigenvalue weighted by molar-refractivity contribution is 7.90. The van der Waals surface area contributed by atoms with E-state index in [0.29, 0.717) is 6.42 Å². The highest BCUT2D eigenvalue weighted by Gasteiger charge is 2.17. The van der Waals surface area contributed by atoms with Crippen molar-refractivity contribution in [1.29, 1.82) is 0 Å². The third kappa shape index (κ3) is 6.38. The number of hydrogen-bond acceptors (Lipinski definition) is 3. The summed E-state index contributed by atoms with van der Waals surface area (Å²) in [6.45, 7) is 7.25. The van der Waals surface area contributed by atoms with Gasteiger partial charge in [0.2, 0.25) is 0 Å². The van der Waals surface area contributed by atoms with Crippen molar-refractivity contribution in [2.45, 2.75) is 45.6 Å². The van der Waals surface area contributed by atoms with Crippen LogP contribution in [-0.4, -0.2) is 32.5 Å². The molecule has 0 aromatic carbocycles. The molecule has 0 spiro atoms. The van der Waals surface area contributed by atoms with E-state index in [1.165, 1.54) is 6.26 Å². The van der Waals surface area contributed by atoms with Gasteiger partial charge in [-0.3, -0.25) is 0 Å². The van der Waals surface area contributed by atoms with E-state index in [4.69, 9.17) is 0 Å². The maximum Gasteiger partial charge on any atom is 0.147 e. The number of hydrogen-bond donors (Lipinski definition) is 1. The van der Waals surface area contributed by atoms with Crippen LogP contribution in [0.15, 0.2) is 0 Å². The van der Waals surface area contributed by atoms with Gasteiger partial charge in [0.05, 0.1) is 5.75 Å². The van der Waals surface area contributed by atoms with E-state index in [-0.39, 0.29) is 11.3 Å². The second-order valence-electron chi connectivity index (χ2n) is 4.18. The molecule has 3 nitrogen and oxygen atoms in total. The van der Waals surface area contributed by atoms with E-state index >= 15 is 0 Å². The molecular weight excluding hydrogens is 198 g/mol. The van der Waals surface area contributed by atoms with Gasteiger partial charge in [-0.1, -0.05) is 13.8 Å². The van der Waals surface area contributed by atoms with Gasteiger partial charge < -0.3 is 5.32 Å². The van der Waals surface area contributed by atoms with Crippen LogP contribution < -0.4 is 5.32 Å². The zero-order chi connectivity index (χ0) is 11.2. The Labute approximate surface area is 88.2 Å². The lowest BCUT2D eigenvalue weighted by molar-refractivity contribution is 0.333. The average Bonchev–Trinajstić information content (AvgIpc) is 2.11. The molecule has 0 saturated heterocycles. The third-order valence-corrected chi connectivity index (χ3v) is 3.83. The van der Waals surface area contributed by atoms with Crippen LogP contribution in [-0.2, 0) is 9.84 Å². The molecule has 0 aromatic heterocycles. The molecule has 4 heteroatoms. The summed E-state index contributed by atoms with van der Waals surface area (Å²) in [5.41, 5.74) is 0.164. The summed E-state index contributed by atoms with van der Waals surface area (Å²) in [7, 11) is -2.80. The first kappa shape index (κ1) is 13.9. The quantitative estimate of drug-likeness (QED) is 0.664. The molecule has 0 aliphatic carbocycles. The summed E-state index contributed by atoms with van der Waals surface area (Å²) in [5.74, 6) is 0.281. The molecule has 0 bridgehead atoms. The largest absolute Gasteiger partial charge is 0.312 e. The Kier molecular flexibility index (Phi) is 5.67. The molecule has 0 amide bonds. The van der Waals surface area contributed by atoms with Crippen LogP contribution in [0.4, 0.5) is 0 Å². The van der Waals surface area contributed by atoms with Crippen LogP contribution in [0.2, 0.25) is 0 Å². The van der Waals surface area contributed by atoms with Crippen molar-refractivity contribution in [3.63, 3.8) is 0 Å². The molecule has 0 unspecified atom stereocenters. The Morgan fingerprint density at radius 1 is 1.21 bits per heavy atom. The van der Waals surface area contributed by atoms with Crippen molar-refractivity contribution in [2.24, 2.45) is 0 Å². The van der Waals surface area contributed by atoms with Gasteiger partial charge in [0.1, 0.15) is 9.84 Å². The average molecular weight is 221 g/mol. The summed E-state index contributed by atoms with van der Waals surface area (Å²) in [4.78, 5) is 0. The van der Waals surface area contributed by atoms with Crippen molar-refractivity contribution in [3.8, 4) is 0 Å². The fraction of sp³-hybridized carbons (Fsp3) is 1.00. The molecule has 1 N–H and O–H groups in total. The second-order valence-corrected chi connectivity index (χ2v) is 6.44. The fourth-order valence-corrected chi connectivity index (χ4v) is 1.89. The van der Waals surface area contributed by atoms with E-state index in [2.05, 4.69) is 26.1 Å². The lowest BCUT2D eigenvalue weighted by Gasteiger charge is -2.28. The van der Waals surface area contributed by atoms with Crippen molar-refractivity contribution < 1.29 is 8.42 Å². The molecule has 0 aromatic rings. The van der Waals surface area contributed by atoms with Gasteiger partial charge >= 0.3 is 0 Å². The smallest absolute Gasteiger partial charge is 0.147 e. The first-order chi connectivity index (χ1) is 6.33. The van der Waals surface area contributed by atoms with Crippen molar-refractivity contribution in [3.05, 3.63) is 0 Å². The van der Waals surface area contributed by atoms with E-state index in [9.17, 15) is 8.42 Å². The van der Waals surface area contributed by atoms with E-state index in [0.717, 1.165) is 19.4 Å². The fourth-order valence-electron chi connectivity index (χ4n) is 1.22. The predicted molar refractivity (Wildman–Crippen MR) is 61.3 cm³/mol. The van der Waals surface area contributed by atoms with E-state index < -0.39 is 9.84 Å². The van der Waals surface area contributed by atoms with E-state index in [1.54, 1.807) is 0 Å². The topological polar surface area (TPSA) is 46.2 Å². The summed E-state index contributed by atoms with van der Waals surface area (Å²) in [6, 6.07) is 0. The number of sulfone groups is 1. The normalized spacial score (nSPS) is 13.1. The first-order valence-electron chi connectivity index (χ1n) is 5.26. The molecule has 0 rings (SSSR count). The maximum absolute atomic E-state index is 10.9. The third-order valence-electron chi connectivity index (χ3n) is 2.80. The van der Waals surface area contributed by atoms with Gasteiger partial charge in [-0.05, 0) is 32.7 Å². The molecule has 0 aliphatic rings. The molecule has 14 heavy (non-hydrogen) atoms. The van der Waals surface area contributed by atoms with Crippen LogP contribution in [0.25, 0.3) is 0 Å². The Morgan fingerprint density at radius 2 is 1.71 bits per heavy atom. The number of rotatable bonds is 7. The van der Waals surface area contributed by atoms with Gasteiger partial charge in [-0.2, -0.15) is 0 Å². The van der Waals surface area contributed by atoms with Gasteiger partial charge in [-0.25, -0.2) is 8.42 Å². The maximum atomic E-state index is 10.9. The lowest BCUT2D eigenvalue weighted by Crippen LogP contribution is -2.41. The standard InChI is InChI=1S/C10H23NO2S/c1-5-10(3,6-2)11-8-7-9-14(4,12)13/h11H,5-9H2,1-4H3. The Balaban J connectivity index is 3.74. The Hall–Kier alpha value is -0.0900. The summed E-state index contributed by atoms with van der Waals surface area (Å²) in [6.07, 6.45) is 4.13. The van der Waals surface area contributed by atoms with Crippen molar-refractivity contribution in [1.82, 2.24) is 5.32 Å². The van der Waals surface area contributed by atoms with Crippen LogP contribution >= 0.6 is 0 Å². The minimum absolute atomic E-state index is 0.164. The number of nitrogens with one attached hydrogen (secondary N) is 1. The van der Waals surface area contributed by atoms with Gasteiger partial charge in [0.15, 0.2) is 0 Å². The molecule has 0 heterocycles. The van der Waals surface area contributed by atoms with Gasteiger partial charge in [-0.15, -0.1) is 0 Å². The molecule has 86 valence electrons. The monoisotopic (exact) mass is 221 g/mol. The molecular formula is C10H23NO2S. The van der Waals surface area contributed by atoms with Gasteiger partial charge in [0, 0.05) is 11.8 Å². The second kappa shape index (κ2) is 5.71. The van der Waals surface area contributed by atoms with Crippen LogP contribution in [0.5, 0.6) is 0 Å². The van der Waals surface area contributed by atoms with Gasteiger partial charge in [0.25, 0.3) is 0 Å². The summed E-state index contributed by atoms with van der Waals surface area (Å²) in [5, 5.41) is 3.40. The first-order valence-corrected chi connectivity index (χ1v) is 7.32. The highest BCUT2D eigenvalue weighted by Crippen LogP contribution is 2.12. The summed E-state index contributed by atoms with van der Waals surface area (Å²) >= 11 is 0. The molecule has 0 fully saturated rings. The van der Waals surface area contributed by atoms with Crippen molar-refractivity contribution >= 4 is 9.84 Å². The molecule has 0 aliphatic heterocycles.